The first-order valence-corrected chi connectivity index (χ1v) is 8.57. The highest BCUT2D eigenvalue weighted by Crippen LogP contribution is 2.30. The number of primary sulfonamides is 1. The number of carbonyl (C=O) groups excluding carboxylic acids is 1. The van der Waals surface area contributed by atoms with Crippen LogP contribution in [0.15, 0.2) is 23.1 Å². The second-order valence-corrected chi connectivity index (χ2v) is 7.12. The van der Waals surface area contributed by atoms with Gasteiger partial charge in [-0.3, -0.25) is 4.79 Å². The molecule has 2 aliphatic heterocycles. The molecular formula is C14H18N2O4S. The van der Waals surface area contributed by atoms with Gasteiger partial charge in [0.25, 0.3) is 0 Å². The molecule has 0 aromatic heterocycles. The van der Waals surface area contributed by atoms with Crippen molar-refractivity contribution in [3.8, 4) is 5.75 Å². The summed E-state index contributed by atoms with van der Waals surface area (Å²) in [4.78, 5) is 14.3. The number of hydrogen-bond acceptors (Lipinski definition) is 4. The molecule has 1 aromatic rings. The lowest BCUT2D eigenvalue weighted by atomic mass is 9.95. The summed E-state index contributed by atoms with van der Waals surface area (Å²) in [5.74, 6) is 0.485. The predicted octanol–water partition coefficient (Wildman–Crippen LogP) is 0.508. The summed E-state index contributed by atoms with van der Waals surface area (Å²) in [7, 11) is -3.74. The molecule has 21 heavy (non-hydrogen) atoms. The fraction of sp³-hybridized carbons (Fsp3) is 0.500. The Morgan fingerprint density at radius 3 is 2.67 bits per heavy atom. The van der Waals surface area contributed by atoms with Crippen molar-refractivity contribution in [3.05, 3.63) is 23.8 Å². The molecule has 6 nitrogen and oxygen atoms in total. The van der Waals surface area contributed by atoms with Crippen LogP contribution in [0.25, 0.3) is 0 Å². The smallest absolute Gasteiger partial charge is 0.238 e. The third kappa shape index (κ3) is 2.89. The normalized spacial score (nSPS) is 21.8. The molecule has 114 valence electrons. The summed E-state index contributed by atoms with van der Waals surface area (Å²) < 4.78 is 28.4. The molecule has 1 amide bonds. The Balaban J connectivity index is 1.82. The quantitative estimate of drug-likeness (QED) is 0.861. The van der Waals surface area contributed by atoms with Crippen molar-refractivity contribution >= 4 is 15.9 Å². The predicted molar refractivity (Wildman–Crippen MR) is 76.3 cm³/mol. The molecule has 1 fully saturated rings. The van der Waals surface area contributed by atoms with E-state index in [-0.39, 0.29) is 16.7 Å². The van der Waals surface area contributed by atoms with Crippen molar-refractivity contribution in [2.75, 3.05) is 19.7 Å². The summed E-state index contributed by atoms with van der Waals surface area (Å²) in [6.45, 7) is 1.95. The highest BCUT2D eigenvalue weighted by atomic mass is 32.2. The molecule has 2 heterocycles. The molecule has 3 rings (SSSR count). The molecule has 2 N–H and O–H groups in total. The van der Waals surface area contributed by atoms with E-state index in [1.54, 1.807) is 6.07 Å². The van der Waals surface area contributed by atoms with Gasteiger partial charge in [-0.05, 0) is 43.0 Å². The molecule has 1 unspecified atom stereocenters. The van der Waals surface area contributed by atoms with Crippen LogP contribution in [-0.4, -0.2) is 38.9 Å². The van der Waals surface area contributed by atoms with E-state index in [1.807, 2.05) is 4.90 Å². The minimum absolute atomic E-state index is 0.0547. The van der Waals surface area contributed by atoms with Gasteiger partial charge in [0.05, 0.1) is 10.8 Å². The minimum atomic E-state index is -3.74. The number of likely N-dealkylation sites (tertiary alicyclic amines) is 1. The number of hydrogen-bond donors (Lipinski definition) is 1. The van der Waals surface area contributed by atoms with E-state index in [0.717, 1.165) is 31.5 Å². The van der Waals surface area contributed by atoms with E-state index in [4.69, 9.17) is 9.88 Å². The lowest BCUT2D eigenvalue weighted by Crippen LogP contribution is -2.39. The van der Waals surface area contributed by atoms with Crippen LogP contribution in [-0.2, 0) is 21.2 Å². The lowest BCUT2D eigenvalue weighted by molar-refractivity contribution is -0.135. The molecular weight excluding hydrogens is 292 g/mol. The van der Waals surface area contributed by atoms with Crippen molar-refractivity contribution in [1.29, 1.82) is 0 Å². The highest BCUT2D eigenvalue weighted by Gasteiger charge is 2.31. The standard InChI is InChI=1S/C14H18N2O4S/c15-21(18,19)12-3-4-13-10(8-12)7-11(9-20-13)14(17)16-5-1-2-6-16/h3-4,8,11H,1-2,5-7,9H2,(H2,15,18,19). The summed E-state index contributed by atoms with van der Waals surface area (Å²) in [6, 6.07) is 4.54. The van der Waals surface area contributed by atoms with E-state index in [2.05, 4.69) is 0 Å². The first-order valence-electron chi connectivity index (χ1n) is 7.02. The van der Waals surface area contributed by atoms with Crippen LogP contribution in [0.2, 0.25) is 0 Å². The minimum Gasteiger partial charge on any atom is -0.492 e. The molecule has 7 heteroatoms. The van der Waals surface area contributed by atoms with E-state index in [0.29, 0.717) is 18.8 Å². The van der Waals surface area contributed by atoms with Crippen molar-refractivity contribution < 1.29 is 17.9 Å². The Bertz CT molecular complexity index is 666. The molecule has 1 aromatic carbocycles. The molecule has 1 atom stereocenters. The monoisotopic (exact) mass is 310 g/mol. The second-order valence-electron chi connectivity index (χ2n) is 5.56. The fourth-order valence-electron chi connectivity index (χ4n) is 2.90. The maximum atomic E-state index is 12.4. The van der Waals surface area contributed by atoms with E-state index >= 15 is 0 Å². The average molecular weight is 310 g/mol. The van der Waals surface area contributed by atoms with Crippen LogP contribution < -0.4 is 9.88 Å². The van der Waals surface area contributed by atoms with Crippen LogP contribution in [0.4, 0.5) is 0 Å². The highest BCUT2D eigenvalue weighted by molar-refractivity contribution is 7.89. The van der Waals surface area contributed by atoms with E-state index < -0.39 is 10.0 Å². The van der Waals surface area contributed by atoms with Gasteiger partial charge in [-0.2, -0.15) is 0 Å². The number of ether oxygens (including phenoxy) is 1. The number of carbonyl (C=O) groups is 1. The van der Waals surface area contributed by atoms with Gasteiger partial charge in [-0.25, -0.2) is 13.6 Å². The van der Waals surface area contributed by atoms with Gasteiger partial charge in [-0.1, -0.05) is 0 Å². The van der Waals surface area contributed by atoms with Gasteiger partial charge in [0, 0.05) is 13.1 Å². The third-order valence-electron chi connectivity index (χ3n) is 4.03. The molecule has 0 saturated carbocycles. The first kappa shape index (κ1) is 14.3. The maximum absolute atomic E-state index is 12.4. The Morgan fingerprint density at radius 2 is 2.00 bits per heavy atom. The van der Waals surface area contributed by atoms with Crippen LogP contribution in [0.5, 0.6) is 5.75 Å². The SMILES string of the molecule is NS(=O)(=O)c1ccc2c(c1)CC(C(=O)N1CCCC1)CO2. The number of nitrogens with two attached hydrogens (primary N) is 1. The van der Waals surface area contributed by atoms with Gasteiger partial charge in [0.1, 0.15) is 12.4 Å². The van der Waals surface area contributed by atoms with Crippen molar-refractivity contribution in [2.24, 2.45) is 11.1 Å². The summed E-state index contributed by atoms with van der Waals surface area (Å²) in [6.07, 6.45) is 2.59. The van der Waals surface area contributed by atoms with Gasteiger partial charge in [0.2, 0.25) is 15.9 Å². The Hall–Kier alpha value is -1.60. The first-order chi connectivity index (χ1) is 9.95. The van der Waals surface area contributed by atoms with Crippen molar-refractivity contribution in [1.82, 2.24) is 4.90 Å². The topological polar surface area (TPSA) is 89.7 Å². The van der Waals surface area contributed by atoms with Crippen molar-refractivity contribution in [3.63, 3.8) is 0 Å². The third-order valence-corrected chi connectivity index (χ3v) is 4.94. The second kappa shape index (κ2) is 5.31. The summed E-state index contributed by atoms with van der Waals surface area (Å²) in [5, 5.41) is 5.14. The van der Waals surface area contributed by atoms with Crippen LogP contribution >= 0.6 is 0 Å². The molecule has 1 saturated heterocycles. The molecule has 0 radical (unpaired) electrons. The zero-order valence-electron chi connectivity index (χ0n) is 11.6. The van der Waals surface area contributed by atoms with E-state index in [9.17, 15) is 13.2 Å². The molecule has 0 bridgehead atoms. The zero-order valence-corrected chi connectivity index (χ0v) is 12.4. The fourth-order valence-corrected chi connectivity index (χ4v) is 3.47. The van der Waals surface area contributed by atoms with Gasteiger partial charge < -0.3 is 9.64 Å². The largest absolute Gasteiger partial charge is 0.492 e. The number of benzene rings is 1. The Morgan fingerprint density at radius 1 is 1.29 bits per heavy atom. The van der Waals surface area contributed by atoms with Crippen LogP contribution in [0, 0.1) is 5.92 Å². The van der Waals surface area contributed by atoms with Crippen LogP contribution in [0.1, 0.15) is 18.4 Å². The number of sulfonamides is 1. The maximum Gasteiger partial charge on any atom is 0.238 e. The van der Waals surface area contributed by atoms with Gasteiger partial charge >= 0.3 is 0 Å². The lowest BCUT2D eigenvalue weighted by Gasteiger charge is -2.28. The Labute approximate surface area is 123 Å². The Kier molecular flexibility index (Phi) is 3.62. The van der Waals surface area contributed by atoms with Crippen LogP contribution in [0.3, 0.4) is 0 Å². The molecule has 2 aliphatic rings. The number of fused-ring (bicyclic) bond motifs is 1. The van der Waals surface area contributed by atoms with Gasteiger partial charge in [0.15, 0.2) is 0 Å². The number of amides is 1. The summed E-state index contributed by atoms with van der Waals surface area (Å²) in [5.41, 5.74) is 0.727. The zero-order chi connectivity index (χ0) is 15.0. The molecule has 0 spiro atoms. The van der Waals surface area contributed by atoms with Crippen molar-refractivity contribution in [2.45, 2.75) is 24.2 Å². The van der Waals surface area contributed by atoms with Gasteiger partial charge in [-0.15, -0.1) is 0 Å². The van der Waals surface area contributed by atoms with E-state index in [1.165, 1.54) is 12.1 Å². The molecule has 0 aliphatic carbocycles. The number of rotatable bonds is 2. The summed E-state index contributed by atoms with van der Waals surface area (Å²) >= 11 is 0. The number of nitrogens with zero attached hydrogens (tertiary/aromatic N) is 1. The average Bonchev–Trinajstić information content (AvgIpc) is 2.98.